The number of rotatable bonds is 2. The molecule has 1 aliphatic rings. The minimum Gasteiger partial charge on any atom is -0.365 e. The van der Waals surface area contributed by atoms with Gasteiger partial charge in [-0.3, -0.25) is 4.79 Å². The van der Waals surface area contributed by atoms with E-state index in [9.17, 15) is 13.6 Å². The molecule has 0 saturated carbocycles. The van der Waals surface area contributed by atoms with Gasteiger partial charge in [-0.1, -0.05) is 6.07 Å². The Morgan fingerprint density at radius 2 is 2.14 bits per heavy atom. The summed E-state index contributed by atoms with van der Waals surface area (Å²) in [5, 5.41) is 0. The van der Waals surface area contributed by atoms with Crippen molar-refractivity contribution in [3.8, 4) is 0 Å². The van der Waals surface area contributed by atoms with Crippen molar-refractivity contribution >= 4 is 12.0 Å². The minimum absolute atomic E-state index is 0.0133. The summed E-state index contributed by atoms with van der Waals surface area (Å²) >= 11 is 0. The molecule has 1 heterocycles. The van der Waals surface area contributed by atoms with Crippen molar-refractivity contribution in [2.24, 2.45) is 0 Å². The summed E-state index contributed by atoms with van der Waals surface area (Å²) < 4.78 is 25.7. The highest BCUT2D eigenvalue weighted by molar-refractivity contribution is 5.85. The molecule has 74 valence electrons. The largest absolute Gasteiger partial charge is 0.365 e. The number of anilines is 1. The molecule has 0 radical (unpaired) electrons. The SMILES string of the molecule is O=Cc1c(F)cccc1N1CC(F)C1. The maximum Gasteiger partial charge on any atom is 0.155 e. The Morgan fingerprint density at radius 1 is 1.43 bits per heavy atom. The third kappa shape index (κ3) is 1.36. The molecule has 4 heteroatoms. The van der Waals surface area contributed by atoms with E-state index in [0.717, 1.165) is 0 Å². The van der Waals surface area contributed by atoms with Gasteiger partial charge in [0.2, 0.25) is 0 Å². The van der Waals surface area contributed by atoms with Gasteiger partial charge in [-0.05, 0) is 12.1 Å². The molecule has 1 aromatic rings. The Labute approximate surface area is 80.1 Å². The standard InChI is InChI=1S/C10H9F2NO/c11-7-4-13(5-7)10-3-1-2-9(12)8(10)6-14/h1-3,6-7H,4-5H2. The van der Waals surface area contributed by atoms with Crippen LogP contribution >= 0.6 is 0 Å². The van der Waals surface area contributed by atoms with Crippen molar-refractivity contribution in [1.29, 1.82) is 0 Å². The summed E-state index contributed by atoms with van der Waals surface area (Å²) in [6.45, 7) is 0.481. The number of carbonyl (C=O) groups is 1. The number of alkyl halides is 1. The third-order valence-corrected chi connectivity index (χ3v) is 2.33. The first-order chi connectivity index (χ1) is 6.72. The predicted molar refractivity (Wildman–Crippen MR) is 48.9 cm³/mol. The lowest BCUT2D eigenvalue weighted by Gasteiger charge is -2.37. The first-order valence-corrected chi connectivity index (χ1v) is 4.35. The summed E-state index contributed by atoms with van der Waals surface area (Å²) in [7, 11) is 0. The van der Waals surface area contributed by atoms with Gasteiger partial charge in [0.15, 0.2) is 6.29 Å². The number of carbonyl (C=O) groups excluding carboxylic acids is 1. The van der Waals surface area contributed by atoms with E-state index in [1.54, 1.807) is 11.0 Å². The zero-order valence-electron chi connectivity index (χ0n) is 7.41. The monoisotopic (exact) mass is 197 g/mol. The van der Waals surface area contributed by atoms with Gasteiger partial charge < -0.3 is 4.90 Å². The molecule has 1 aliphatic heterocycles. The molecule has 0 N–H and O–H groups in total. The van der Waals surface area contributed by atoms with Gasteiger partial charge in [-0.25, -0.2) is 8.78 Å². The second-order valence-corrected chi connectivity index (χ2v) is 3.29. The van der Waals surface area contributed by atoms with E-state index in [1.165, 1.54) is 12.1 Å². The van der Waals surface area contributed by atoms with E-state index < -0.39 is 12.0 Å². The van der Waals surface area contributed by atoms with E-state index in [2.05, 4.69) is 0 Å². The maximum absolute atomic E-state index is 13.1. The van der Waals surface area contributed by atoms with Gasteiger partial charge in [0.25, 0.3) is 0 Å². The summed E-state index contributed by atoms with van der Waals surface area (Å²) in [5.74, 6) is -0.556. The summed E-state index contributed by atoms with van der Waals surface area (Å²) in [6.07, 6.45) is -0.395. The van der Waals surface area contributed by atoms with Crippen LogP contribution in [-0.2, 0) is 0 Å². The van der Waals surface area contributed by atoms with Crippen LogP contribution in [-0.4, -0.2) is 25.5 Å². The molecule has 0 aliphatic carbocycles. The molecule has 1 fully saturated rings. The Kier molecular flexibility index (Phi) is 2.19. The highest BCUT2D eigenvalue weighted by Crippen LogP contribution is 2.26. The van der Waals surface area contributed by atoms with E-state index in [1.807, 2.05) is 0 Å². The van der Waals surface area contributed by atoms with Crippen molar-refractivity contribution < 1.29 is 13.6 Å². The van der Waals surface area contributed by atoms with Crippen molar-refractivity contribution in [2.45, 2.75) is 6.17 Å². The van der Waals surface area contributed by atoms with Crippen LogP contribution in [0.4, 0.5) is 14.5 Å². The fraction of sp³-hybridized carbons (Fsp3) is 0.300. The zero-order chi connectivity index (χ0) is 10.1. The van der Waals surface area contributed by atoms with Crippen LogP contribution < -0.4 is 4.90 Å². The van der Waals surface area contributed by atoms with Gasteiger partial charge in [0.05, 0.1) is 24.3 Å². The number of nitrogens with zero attached hydrogens (tertiary/aromatic N) is 1. The van der Waals surface area contributed by atoms with Crippen molar-refractivity contribution in [3.05, 3.63) is 29.6 Å². The first-order valence-electron chi connectivity index (χ1n) is 4.35. The smallest absolute Gasteiger partial charge is 0.155 e. The van der Waals surface area contributed by atoms with Crippen molar-refractivity contribution in [1.82, 2.24) is 0 Å². The molecule has 0 spiro atoms. The molecule has 2 nitrogen and oxygen atoms in total. The number of halogens is 2. The van der Waals surface area contributed by atoms with Gasteiger partial charge in [0, 0.05) is 0 Å². The summed E-state index contributed by atoms with van der Waals surface area (Å²) in [5.41, 5.74) is 0.494. The van der Waals surface area contributed by atoms with Crippen LogP contribution in [0, 0.1) is 5.82 Å². The number of hydrogen-bond donors (Lipinski definition) is 0. The molecule has 0 aromatic heterocycles. The van der Waals surface area contributed by atoms with E-state index in [0.29, 0.717) is 12.0 Å². The van der Waals surface area contributed by atoms with Gasteiger partial charge in [-0.15, -0.1) is 0 Å². The van der Waals surface area contributed by atoms with E-state index in [-0.39, 0.29) is 18.7 Å². The lowest BCUT2D eigenvalue weighted by Crippen LogP contribution is -2.48. The lowest BCUT2D eigenvalue weighted by molar-refractivity contribution is 0.111. The second kappa shape index (κ2) is 3.36. The molecule has 1 aromatic carbocycles. The average molecular weight is 197 g/mol. The molecule has 0 atom stereocenters. The molecular weight excluding hydrogens is 188 g/mol. The first kappa shape index (κ1) is 9.12. The normalized spacial score (nSPS) is 16.6. The fourth-order valence-corrected chi connectivity index (χ4v) is 1.54. The van der Waals surface area contributed by atoms with E-state index >= 15 is 0 Å². The van der Waals surface area contributed by atoms with Gasteiger partial charge in [-0.2, -0.15) is 0 Å². The molecule has 0 amide bonds. The summed E-state index contributed by atoms with van der Waals surface area (Å²) in [6, 6.07) is 4.36. The van der Waals surface area contributed by atoms with Gasteiger partial charge in [0.1, 0.15) is 12.0 Å². The Morgan fingerprint density at radius 3 is 2.71 bits per heavy atom. The average Bonchev–Trinajstić information content (AvgIpc) is 2.13. The van der Waals surface area contributed by atoms with Gasteiger partial charge >= 0.3 is 0 Å². The quantitative estimate of drug-likeness (QED) is 0.674. The minimum atomic E-state index is -0.863. The lowest BCUT2D eigenvalue weighted by atomic mass is 10.1. The van der Waals surface area contributed by atoms with Crippen LogP contribution in [0.1, 0.15) is 10.4 Å². The van der Waals surface area contributed by atoms with Crippen molar-refractivity contribution in [2.75, 3.05) is 18.0 Å². The molecule has 1 saturated heterocycles. The second-order valence-electron chi connectivity index (χ2n) is 3.29. The molecule has 0 unspecified atom stereocenters. The fourth-order valence-electron chi connectivity index (χ4n) is 1.54. The highest BCUT2D eigenvalue weighted by Gasteiger charge is 2.28. The zero-order valence-corrected chi connectivity index (χ0v) is 7.41. The maximum atomic E-state index is 13.1. The highest BCUT2D eigenvalue weighted by atomic mass is 19.1. The van der Waals surface area contributed by atoms with Crippen LogP contribution in [0.3, 0.4) is 0 Å². The Hall–Kier alpha value is -1.45. The molecule has 2 rings (SSSR count). The van der Waals surface area contributed by atoms with Crippen LogP contribution in [0.25, 0.3) is 0 Å². The number of benzene rings is 1. The number of hydrogen-bond acceptors (Lipinski definition) is 2. The Balaban J connectivity index is 2.33. The van der Waals surface area contributed by atoms with Crippen molar-refractivity contribution in [3.63, 3.8) is 0 Å². The van der Waals surface area contributed by atoms with Crippen LogP contribution in [0.15, 0.2) is 18.2 Å². The Bertz CT molecular complexity index is 361. The third-order valence-electron chi connectivity index (χ3n) is 2.33. The predicted octanol–water partition coefficient (Wildman–Crippen LogP) is 1.80. The van der Waals surface area contributed by atoms with Crippen LogP contribution in [0.2, 0.25) is 0 Å². The topological polar surface area (TPSA) is 20.3 Å². The number of aldehydes is 1. The van der Waals surface area contributed by atoms with E-state index in [4.69, 9.17) is 0 Å². The molecule has 14 heavy (non-hydrogen) atoms. The molecule has 0 bridgehead atoms. The molecular formula is C10H9F2NO. The van der Waals surface area contributed by atoms with Crippen LogP contribution in [0.5, 0.6) is 0 Å². The summed E-state index contributed by atoms with van der Waals surface area (Å²) in [4.78, 5) is 12.3.